The third-order valence-corrected chi connectivity index (χ3v) is 5.61. The number of rotatable bonds is 8. The maximum Gasteiger partial charge on any atom is 0.274 e. The second-order valence-corrected chi connectivity index (χ2v) is 7.92. The standard InChI is InChI=1S/C27H26N4O3/c1-2-30(18-20-11-5-3-6-12-20)24(32)17-28-26(33)25-22-15-9-10-16-23(22)27(34)31(29-25)19-21-13-7-4-8-14-21/h3-16H,2,17-19H2,1H3,(H,28,33). The Morgan fingerprint density at radius 3 is 2.09 bits per heavy atom. The molecule has 4 rings (SSSR count). The fraction of sp³-hybridized carbons (Fsp3) is 0.185. The van der Waals surface area contributed by atoms with Crippen molar-refractivity contribution in [3.8, 4) is 0 Å². The van der Waals surface area contributed by atoms with Gasteiger partial charge in [-0.25, -0.2) is 4.68 Å². The van der Waals surface area contributed by atoms with Gasteiger partial charge in [0.05, 0.1) is 18.5 Å². The SMILES string of the molecule is CCN(Cc1ccccc1)C(=O)CNC(=O)c1nn(Cc2ccccc2)c(=O)c2ccccc12. The van der Waals surface area contributed by atoms with E-state index in [0.717, 1.165) is 11.1 Å². The highest BCUT2D eigenvalue weighted by Gasteiger charge is 2.19. The first-order valence-corrected chi connectivity index (χ1v) is 11.2. The molecule has 7 nitrogen and oxygen atoms in total. The lowest BCUT2D eigenvalue weighted by Crippen LogP contribution is -2.40. The minimum Gasteiger partial charge on any atom is -0.342 e. The van der Waals surface area contributed by atoms with Crippen molar-refractivity contribution in [3.63, 3.8) is 0 Å². The van der Waals surface area contributed by atoms with E-state index in [4.69, 9.17) is 0 Å². The smallest absolute Gasteiger partial charge is 0.274 e. The van der Waals surface area contributed by atoms with Crippen molar-refractivity contribution in [2.24, 2.45) is 0 Å². The molecule has 0 saturated carbocycles. The van der Waals surface area contributed by atoms with Crippen LogP contribution >= 0.6 is 0 Å². The Bertz CT molecular complexity index is 1350. The van der Waals surface area contributed by atoms with E-state index in [2.05, 4.69) is 10.4 Å². The normalized spacial score (nSPS) is 10.7. The Morgan fingerprint density at radius 2 is 1.44 bits per heavy atom. The molecule has 34 heavy (non-hydrogen) atoms. The van der Waals surface area contributed by atoms with Gasteiger partial charge < -0.3 is 10.2 Å². The van der Waals surface area contributed by atoms with Gasteiger partial charge >= 0.3 is 0 Å². The summed E-state index contributed by atoms with van der Waals surface area (Å²) < 4.78 is 1.29. The van der Waals surface area contributed by atoms with E-state index in [0.29, 0.717) is 23.9 Å². The van der Waals surface area contributed by atoms with Crippen LogP contribution in [-0.4, -0.2) is 39.6 Å². The molecule has 0 fully saturated rings. The second-order valence-electron chi connectivity index (χ2n) is 7.92. The number of hydrogen-bond acceptors (Lipinski definition) is 4. The fourth-order valence-electron chi connectivity index (χ4n) is 3.80. The molecule has 172 valence electrons. The fourth-order valence-corrected chi connectivity index (χ4v) is 3.80. The molecule has 2 amide bonds. The number of carbonyl (C=O) groups is 2. The van der Waals surface area contributed by atoms with E-state index in [1.54, 1.807) is 29.2 Å². The number of hydrogen-bond donors (Lipinski definition) is 1. The van der Waals surface area contributed by atoms with Crippen LogP contribution in [0.15, 0.2) is 89.7 Å². The predicted octanol–water partition coefficient (Wildman–Crippen LogP) is 3.22. The van der Waals surface area contributed by atoms with Gasteiger partial charge in [-0.15, -0.1) is 0 Å². The molecule has 0 saturated heterocycles. The molecule has 0 spiro atoms. The number of nitrogens with zero attached hydrogens (tertiary/aromatic N) is 3. The summed E-state index contributed by atoms with van der Waals surface area (Å²) in [6, 6.07) is 26.0. The molecule has 3 aromatic carbocycles. The van der Waals surface area contributed by atoms with Gasteiger partial charge in [0.25, 0.3) is 11.5 Å². The van der Waals surface area contributed by atoms with Crippen LogP contribution < -0.4 is 10.9 Å². The molecule has 0 atom stereocenters. The number of likely N-dealkylation sites (N-methyl/N-ethyl adjacent to an activating group) is 1. The molecule has 0 aliphatic heterocycles. The third kappa shape index (κ3) is 5.20. The average molecular weight is 455 g/mol. The number of benzene rings is 3. The lowest BCUT2D eigenvalue weighted by Gasteiger charge is -2.21. The van der Waals surface area contributed by atoms with E-state index in [1.165, 1.54) is 4.68 Å². The maximum absolute atomic E-state index is 13.1. The Hall–Kier alpha value is -4.26. The molecule has 0 radical (unpaired) electrons. The summed E-state index contributed by atoms with van der Waals surface area (Å²) in [4.78, 5) is 40.5. The van der Waals surface area contributed by atoms with Crippen molar-refractivity contribution < 1.29 is 9.59 Å². The summed E-state index contributed by atoms with van der Waals surface area (Å²) in [7, 11) is 0. The quantitative estimate of drug-likeness (QED) is 0.443. The molecular formula is C27H26N4O3. The minimum absolute atomic E-state index is 0.116. The molecule has 7 heteroatoms. The molecule has 0 aliphatic carbocycles. The molecular weight excluding hydrogens is 428 g/mol. The van der Waals surface area contributed by atoms with Gasteiger partial charge in [-0.3, -0.25) is 14.4 Å². The van der Waals surface area contributed by atoms with Gasteiger partial charge in [-0.05, 0) is 24.1 Å². The van der Waals surface area contributed by atoms with Gasteiger partial charge in [-0.2, -0.15) is 5.10 Å². The summed E-state index contributed by atoms with van der Waals surface area (Å²) in [6.07, 6.45) is 0. The Balaban J connectivity index is 1.55. The molecule has 0 unspecified atom stereocenters. The highest BCUT2D eigenvalue weighted by Crippen LogP contribution is 2.14. The number of nitrogens with one attached hydrogen (secondary N) is 1. The van der Waals surface area contributed by atoms with Crippen LogP contribution in [0.2, 0.25) is 0 Å². The highest BCUT2D eigenvalue weighted by molar-refractivity contribution is 6.05. The largest absolute Gasteiger partial charge is 0.342 e. The van der Waals surface area contributed by atoms with Crippen molar-refractivity contribution in [1.82, 2.24) is 20.0 Å². The Kier molecular flexibility index (Phi) is 7.13. The van der Waals surface area contributed by atoms with Crippen molar-refractivity contribution >= 4 is 22.6 Å². The van der Waals surface area contributed by atoms with E-state index in [9.17, 15) is 14.4 Å². The zero-order valence-corrected chi connectivity index (χ0v) is 19.0. The second kappa shape index (κ2) is 10.6. The van der Waals surface area contributed by atoms with E-state index in [1.807, 2.05) is 67.6 Å². The first-order chi connectivity index (χ1) is 16.6. The molecule has 4 aromatic rings. The zero-order valence-electron chi connectivity index (χ0n) is 19.0. The number of fused-ring (bicyclic) bond motifs is 1. The third-order valence-electron chi connectivity index (χ3n) is 5.61. The van der Waals surface area contributed by atoms with Crippen LogP contribution in [0.3, 0.4) is 0 Å². The summed E-state index contributed by atoms with van der Waals surface area (Å²) in [5, 5.41) is 7.93. The van der Waals surface area contributed by atoms with E-state index in [-0.39, 0.29) is 30.2 Å². The van der Waals surface area contributed by atoms with Gasteiger partial charge in [0.1, 0.15) is 0 Å². The lowest BCUT2D eigenvalue weighted by molar-refractivity contribution is -0.130. The van der Waals surface area contributed by atoms with Crippen LogP contribution in [0.25, 0.3) is 10.8 Å². The van der Waals surface area contributed by atoms with Gasteiger partial charge in [-0.1, -0.05) is 78.9 Å². The average Bonchev–Trinajstić information content (AvgIpc) is 2.88. The van der Waals surface area contributed by atoms with Gasteiger partial charge in [0, 0.05) is 18.5 Å². The molecule has 1 aromatic heterocycles. The lowest BCUT2D eigenvalue weighted by atomic mass is 10.1. The van der Waals surface area contributed by atoms with Crippen LogP contribution in [0, 0.1) is 0 Å². The monoisotopic (exact) mass is 454 g/mol. The van der Waals surface area contributed by atoms with Crippen LogP contribution in [0.1, 0.15) is 28.5 Å². The van der Waals surface area contributed by atoms with Gasteiger partial charge in [0.2, 0.25) is 5.91 Å². The van der Waals surface area contributed by atoms with Crippen molar-refractivity contribution in [2.75, 3.05) is 13.1 Å². The van der Waals surface area contributed by atoms with Gasteiger partial charge in [0.15, 0.2) is 5.69 Å². The van der Waals surface area contributed by atoms with Crippen molar-refractivity contribution in [1.29, 1.82) is 0 Å². The number of amides is 2. The molecule has 1 N–H and O–H groups in total. The zero-order chi connectivity index (χ0) is 23.9. The molecule has 1 heterocycles. The first kappa shape index (κ1) is 22.9. The maximum atomic E-state index is 13.1. The molecule has 0 bridgehead atoms. The number of aromatic nitrogens is 2. The van der Waals surface area contributed by atoms with E-state index < -0.39 is 5.91 Å². The summed E-state index contributed by atoms with van der Waals surface area (Å²) in [6.45, 7) is 2.97. The molecule has 0 aliphatic rings. The summed E-state index contributed by atoms with van der Waals surface area (Å²) >= 11 is 0. The minimum atomic E-state index is -0.498. The van der Waals surface area contributed by atoms with Crippen LogP contribution in [0.5, 0.6) is 0 Å². The Morgan fingerprint density at radius 1 is 0.853 bits per heavy atom. The topological polar surface area (TPSA) is 84.3 Å². The van der Waals surface area contributed by atoms with E-state index >= 15 is 0 Å². The van der Waals surface area contributed by atoms with Crippen molar-refractivity contribution in [2.45, 2.75) is 20.0 Å². The Labute approximate surface area is 197 Å². The predicted molar refractivity (Wildman–Crippen MR) is 131 cm³/mol. The summed E-state index contributed by atoms with van der Waals surface area (Å²) in [5.74, 6) is -0.691. The van der Waals surface area contributed by atoms with Crippen molar-refractivity contribution in [3.05, 3.63) is 112 Å². The van der Waals surface area contributed by atoms with Crippen LogP contribution in [0.4, 0.5) is 0 Å². The number of carbonyl (C=O) groups excluding carboxylic acids is 2. The highest BCUT2D eigenvalue weighted by atomic mass is 16.2. The first-order valence-electron chi connectivity index (χ1n) is 11.2. The summed E-state index contributed by atoms with van der Waals surface area (Å²) in [5.41, 5.74) is 1.76. The van der Waals surface area contributed by atoms with Crippen LogP contribution in [-0.2, 0) is 17.9 Å².